The second kappa shape index (κ2) is 4.94. The van der Waals surface area contributed by atoms with Gasteiger partial charge in [0.15, 0.2) is 5.13 Å². The Morgan fingerprint density at radius 1 is 1.20 bits per heavy atom. The van der Waals surface area contributed by atoms with Gasteiger partial charge in [0.2, 0.25) is 0 Å². The molecular formula is C12H14N2S. The molecule has 0 amide bonds. The van der Waals surface area contributed by atoms with Crippen molar-refractivity contribution in [1.29, 1.82) is 0 Å². The molecule has 2 rings (SSSR count). The third-order valence-corrected chi connectivity index (χ3v) is 3.34. The molecule has 1 aromatic carbocycles. The maximum Gasteiger partial charge on any atom is 0.182 e. The molecule has 0 fully saturated rings. The van der Waals surface area contributed by atoms with Crippen LogP contribution >= 0.6 is 11.3 Å². The van der Waals surface area contributed by atoms with Gasteiger partial charge in [0.1, 0.15) is 0 Å². The molecule has 1 N–H and O–H groups in total. The number of rotatable bonds is 4. The van der Waals surface area contributed by atoms with Gasteiger partial charge in [-0.25, -0.2) is 4.98 Å². The van der Waals surface area contributed by atoms with Crippen LogP contribution in [0.5, 0.6) is 0 Å². The van der Waals surface area contributed by atoms with Crippen LogP contribution in [0.3, 0.4) is 0 Å². The van der Waals surface area contributed by atoms with Crippen LogP contribution in [0, 0.1) is 0 Å². The molecule has 0 aliphatic rings. The van der Waals surface area contributed by atoms with Crippen molar-refractivity contribution in [2.45, 2.75) is 12.8 Å². The van der Waals surface area contributed by atoms with E-state index < -0.39 is 0 Å². The largest absolute Gasteiger partial charge is 0.365 e. The van der Waals surface area contributed by atoms with Gasteiger partial charge in [0.05, 0.1) is 0 Å². The summed E-state index contributed by atoms with van der Waals surface area (Å²) in [6.07, 6.45) is 4.12. The highest BCUT2D eigenvalue weighted by molar-refractivity contribution is 7.15. The quantitative estimate of drug-likeness (QED) is 0.853. The normalized spacial score (nSPS) is 10.2. The molecule has 1 aromatic heterocycles. The summed E-state index contributed by atoms with van der Waals surface area (Å²) < 4.78 is 0. The predicted octanol–water partition coefficient (Wildman–Crippen LogP) is 2.97. The topological polar surface area (TPSA) is 24.9 Å². The lowest BCUT2D eigenvalue weighted by Gasteiger charge is -1.97. The highest BCUT2D eigenvalue weighted by Crippen LogP contribution is 2.18. The van der Waals surface area contributed by atoms with Gasteiger partial charge in [0, 0.05) is 18.1 Å². The number of nitrogens with zero attached hydrogens (tertiary/aromatic N) is 1. The molecule has 0 radical (unpaired) electrons. The Hall–Kier alpha value is -1.35. The number of thiazole rings is 1. The van der Waals surface area contributed by atoms with Gasteiger partial charge in [-0.05, 0) is 18.4 Å². The summed E-state index contributed by atoms with van der Waals surface area (Å²) in [7, 11) is 1.90. The Balaban J connectivity index is 1.93. The lowest BCUT2D eigenvalue weighted by atomic mass is 10.1. The van der Waals surface area contributed by atoms with Crippen molar-refractivity contribution in [2.75, 3.05) is 12.4 Å². The summed E-state index contributed by atoms with van der Waals surface area (Å²) in [5, 5.41) is 4.05. The zero-order valence-corrected chi connectivity index (χ0v) is 9.55. The Labute approximate surface area is 94.0 Å². The molecule has 0 atom stereocenters. The van der Waals surface area contributed by atoms with Crippen LogP contribution < -0.4 is 5.32 Å². The third kappa shape index (κ3) is 2.80. The van der Waals surface area contributed by atoms with E-state index in [1.165, 1.54) is 10.4 Å². The van der Waals surface area contributed by atoms with E-state index in [0.29, 0.717) is 0 Å². The van der Waals surface area contributed by atoms with Crippen LogP contribution in [-0.4, -0.2) is 12.0 Å². The zero-order chi connectivity index (χ0) is 10.5. The van der Waals surface area contributed by atoms with Crippen molar-refractivity contribution in [1.82, 2.24) is 4.98 Å². The Morgan fingerprint density at radius 2 is 2.00 bits per heavy atom. The molecule has 0 spiro atoms. The molecule has 0 aliphatic heterocycles. The van der Waals surface area contributed by atoms with E-state index in [-0.39, 0.29) is 0 Å². The first-order valence-corrected chi connectivity index (χ1v) is 5.86. The molecule has 0 bridgehead atoms. The maximum absolute atomic E-state index is 4.25. The van der Waals surface area contributed by atoms with Gasteiger partial charge in [-0.1, -0.05) is 30.3 Å². The molecule has 2 nitrogen and oxygen atoms in total. The van der Waals surface area contributed by atoms with Crippen molar-refractivity contribution >= 4 is 16.5 Å². The predicted molar refractivity (Wildman–Crippen MR) is 65.5 cm³/mol. The van der Waals surface area contributed by atoms with E-state index in [1.54, 1.807) is 11.3 Å². The molecule has 0 unspecified atom stereocenters. The summed E-state index contributed by atoms with van der Waals surface area (Å²) in [6.45, 7) is 0. The first-order valence-electron chi connectivity index (χ1n) is 5.05. The molecule has 1 heterocycles. The summed E-state index contributed by atoms with van der Waals surface area (Å²) in [5.74, 6) is 0. The van der Waals surface area contributed by atoms with Crippen LogP contribution in [0.2, 0.25) is 0 Å². The first-order chi connectivity index (χ1) is 7.38. The molecule has 0 saturated carbocycles. The number of aromatic nitrogens is 1. The van der Waals surface area contributed by atoms with Crippen molar-refractivity contribution in [2.24, 2.45) is 0 Å². The minimum absolute atomic E-state index is 0.998. The standard InChI is InChI=1S/C12H14N2S/c1-13-12-14-9-11(15-12)8-7-10-5-3-2-4-6-10/h2-6,9H,7-8H2,1H3,(H,13,14). The highest BCUT2D eigenvalue weighted by atomic mass is 32.1. The number of hydrogen-bond acceptors (Lipinski definition) is 3. The molecule has 15 heavy (non-hydrogen) atoms. The number of anilines is 1. The summed E-state index contributed by atoms with van der Waals surface area (Å²) in [6, 6.07) is 10.6. The average Bonchev–Trinajstić information content (AvgIpc) is 2.76. The van der Waals surface area contributed by atoms with E-state index >= 15 is 0 Å². The van der Waals surface area contributed by atoms with E-state index in [2.05, 4.69) is 40.6 Å². The monoisotopic (exact) mass is 218 g/mol. The lowest BCUT2D eigenvalue weighted by molar-refractivity contribution is 0.976. The summed E-state index contributed by atoms with van der Waals surface area (Å²) in [4.78, 5) is 5.59. The summed E-state index contributed by atoms with van der Waals surface area (Å²) >= 11 is 1.73. The van der Waals surface area contributed by atoms with Crippen molar-refractivity contribution in [3.05, 3.63) is 47.0 Å². The Morgan fingerprint density at radius 3 is 2.67 bits per heavy atom. The average molecular weight is 218 g/mol. The number of nitrogens with one attached hydrogen (secondary N) is 1. The molecule has 3 heteroatoms. The van der Waals surface area contributed by atoms with Gasteiger partial charge in [-0.3, -0.25) is 0 Å². The molecular weight excluding hydrogens is 204 g/mol. The van der Waals surface area contributed by atoms with E-state index in [4.69, 9.17) is 0 Å². The van der Waals surface area contributed by atoms with Crippen LogP contribution in [0.15, 0.2) is 36.5 Å². The molecule has 2 aromatic rings. The zero-order valence-electron chi connectivity index (χ0n) is 8.73. The van der Waals surface area contributed by atoms with Crippen LogP contribution in [-0.2, 0) is 12.8 Å². The summed E-state index contributed by atoms with van der Waals surface area (Å²) in [5.41, 5.74) is 1.39. The fourth-order valence-corrected chi connectivity index (χ4v) is 2.22. The van der Waals surface area contributed by atoms with E-state index in [0.717, 1.165) is 18.0 Å². The fourth-order valence-electron chi connectivity index (χ4n) is 1.45. The second-order valence-corrected chi connectivity index (χ2v) is 4.48. The number of hydrogen-bond donors (Lipinski definition) is 1. The van der Waals surface area contributed by atoms with Crippen molar-refractivity contribution in [3.63, 3.8) is 0 Å². The second-order valence-electron chi connectivity index (χ2n) is 3.37. The number of aryl methyl sites for hydroxylation is 2. The van der Waals surface area contributed by atoms with Crippen LogP contribution in [0.4, 0.5) is 5.13 Å². The molecule has 78 valence electrons. The Kier molecular flexibility index (Phi) is 3.35. The van der Waals surface area contributed by atoms with Gasteiger partial charge in [-0.15, -0.1) is 11.3 Å². The minimum atomic E-state index is 0.998. The smallest absolute Gasteiger partial charge is 0.182 e. The Bertz CT molecular complexity index is 409. The molecule has 0 saturated heterocycles. The first kappa shape index (κ1) is 10.2. The molecule has 0 aliphatic carbocycles. The van der Waals surface area contributed by atoms with Crippen LogP contribution in [0.1, 0.15) is 10.4 Å². The van der Waals surface area contributed by atoms with Crippen molar-refractivity contribution < 1.29 is 0 Å². The van der Waals surface area contributed by atoms with Gasteiger partial charge < -0.3 is 5.32 Å². The van der Waals surface area contributed by atoms with Gasteiger partial charge in [0.25, 0.3) is 0 Å². The van der Waals surface area contributed by atoms with Gasteiger partial charge in [-0.2, -0.15) is 0 Å². The lowest BCUT2D eigenvalue weighted by Crippen LogP contribution is -1.87. The third-order valence-electron chi connectivity index (χ3n) is 2.27. The van der Waals surface area contributed by atoms with Gasteiger partial charge >= 0.3 is 0 Å². The fraction of sp³-hybridized carbons (Fsp3) is 0.250. The minimum Gasteiger partial charge on any atom is -0.365 e. The SMILES string of the molecule is CNc1ncc(CCc2ccccc2)s1. The van der Waals surface area contributed by atoms with Crippen LogP contribution in [0.25, 0.3) is 0 Å². The number of benzene rings is 1. The highest BCUT2D eigenvalue weighted by Gasteiger charge is 2.00. The maximum atomic E-state index is 4.25. The van der Waals surface area contributed by atoms with Crippen molar-refractivity contribution in [3.8, 4) is 0 Å². The van der Waals surface area contributed by atoms with E-state index in [9.17, 15) is 0 Å². The van der Waals surface area contributed by atoms with E-state index in [1.807, 2.05) is 13.2 Å².